The number of nitrogens with two attached hydrogens (primary N) is 1. The molecule has 19 heavy (non-hydrogen) atoms. The van der Waals surface area contributed by atoms with Gasteiger partial charge in [-0.2, -0.15) is 5.10 Å². The second-order valence-corrected chi connectivity index (χ2v) is 4.69. The van der Waals surface area contributed by atoms with E-state index in [1.54, 1.807) is 11.7 Å². The zero-order valence-electron chi connectivity index (χ0n) is 11.2. The van der Waals surface area contributed by atoms with Crippen LogP contribution in [0.2, 0.25) is 5.15 Å². The van der Waals surface area contributed by atoms with Crippen LogP contribution in [0.3, 0.4) is 0 Å². The monoisotopic (exact) mass is 279 g/mol. The third-order valence-electron chi connectivity index (χ3n) is 2.91. The maximum absolute atomic E-state index is 5.96. The van der Waals surface area contributed by atoms with Crippen LogP contribution in [-0.4, -0.2) is 21.3 Å². The summed E-state index contributed by atoms with van der Waals surface area (Å²) in [6, 6.07) is 6.09. The fraction of sp³-hybridized carbons (Fsp3) is 0.385. The first kappa shape index (κ1) is 13.7. The Labute approximate surface area is 117 Å². The van der Waals surface area contributed by atoms with Gasteiger partial charge in [0, 0.05) is 31.4 Å². The summed E-state index contributed by atoms with van der Waals surface area (Å²) in [5, 5.41) is 7.83. The van der Waals surface area contributed by atoms with Crippen LogP contribution in [0.5, 0.6) is 0 Å². The Balaban J connectivity index is 1.94. The summed E-state index contributed by atoms with van der Waals surface area (Å²) in [5.74, 6) is 0.624. The van der Waals surface area contributed by atoms with Crippen molar-refractivity contribution in [2.24, 2.45) is 7.05 Å². The highest BCUT2D eigenvalue weighted by Gasteiger charge is 2.10. The molecular formula is C13H18ClN5. The first-order valence-electron chi connectivity index (χ1n) is 6.28. The van der Waals surface area contributed by atoms with Crippen molar-refractivity contribution < 1.29 is 0 Å². The number of aromatic nitrogens is 3. The van der Waals surface area contributed by atoms with Gasteiger partial charge in [0.25, 0.3) is 0 Å². The minimum absolute atomic E-state index is 0.452. The summed E-state index contributed by atoms with van der Waals surface area (Å²) in [5.41, 5.74) is 8.49. The van der Waals surface area contributed by atoms with Crippen molar-refractivity contribution in [3.8, 4) is 0 Å². The summed E-state index contributed by atoms with van der Waals surface area (Å²) in [7, 11) is 1.76. The van der Waals surface area contributed by atoms with E-state index in [2.05, 4.69) is 22.3 Å². The molecule has 0 aliphatic rings. The fourth-order valence-corrected chi connectivity index (χ4v) is 1.95. The van der Waals surface area contributed by atoms with Gasteiger partial charge >= 0.3 is 0 Å². The van der Waals surface area contributed by atoms with Gasteiger partial charge in [-0.25, -0.2) is 0 Å². The number of halogens is 1. The number of rotatable bonds is 5. The van der Waals surface area contributed by atoms with E-state index in [0.29, 0.717) is 16.7 Å². The van der Waals surface area contributed by atoms with E-state index in [9.17, 15) is 0 Å². The average Bonchev–Trinajstić information content (AvgIpc) is 2.67. The molecule has 5 nitrogen and oxygen atoms in total. The van der Waals surface area contributed by atoms with Crippen molar-refractivity contribution in [2.75, 3.05) is 17.6 Å². The van der Waals surface area contributed by atoms with Crippen LogP contribution >= 0.6 is 11.6 Å². The summed E-state index contributed by atoms with van der Waals surface area (Å²) in [4.78, 5) is 4.54. The lowest BCUT2D eigenvalue weighted by Gasteiger charge is -2.05. The molecule has 0 spiro atoms. The lowest BCUT2D eigenvalue weighted by molar-refractivity contribution is 0.768. The van der Waals surface area contributed by atoms with Crippen LogP contribution in [0, 0.1) is 0 Å². The van der Waals surface area contributed by atoms with E-state index in [0.717, 1.165) is 30.8 Å². The predicted octanol–water partition coefficient (Wildman–Crippen LogP) is 2.27. The maximum Gasteiger partial charge on any atom is 0.172 e. The lowest BCUT2D eigenvalue weighted by atomic mass is 10.2. The Morgan fingerprint density at radius 2 is 2.11 bits per heavy atom. The molecule has 0 aromatic carbocycles. The van der Waals surface area contributed by atoms with Crippen LogP contribution in [-0.2, 0) is 19.9 Å². The molecule has 0 aliphatic carbocycles. The van der Waals surface area contributed by atoms with Crippen molar-refractivity contribution in [3.63, 3.8) is 0 Å². The molecule has 0 atom stereocenters. The number of nitrogen functional groups attached to an aromatic ring is 1. The molecule has 0 aliphatic heterocycles. The molecule has 0 radical (unpaired) electrons. The van der Waals surface area contributed by atoms with E-state index < -0.39 is 0 Å². The fourth-order valence-electron chi connectivity index (χ4n) is 1.82. The second-order valence-electron chi connectivity index (χ2n) is 4.33. The standard InChI is InChI=1S/C13H18ClN5/c1-3-9-5-4-6-10(17-9)7-8-16-13-11(15)12(14)19(2)18-13/h4-6H,3,7-8,15H2,1-2H3,(H,16,18). The van der Waals surface area contributed by atoms with Gasteiger partial charge in [0.15, 0.2) is 11.0 Å². The molecule has 0 amide bonds. The molecule has 0 saturated heterocycles. The molecule has 0 fully saturated rings. The maximum atomic E-state index is 5.96. The van der Waals surface area contributed by atoms with E-state index in [1.807, 2.05) is 18.2 Å². The van der Waals surface area contributed by atoms with E-state index in [4.69, 9.17) is 17.3 Å². The molecule has 102 valence electrons. The quantitative estimate of drug-likeness (QED) is 0.881. The number of hydrogen-bond acceptors (Lipinski definition) is 4. The van der Waals surface area contributed by atoms with E-state index >= 15 is 0 Å². The van der Waals surface area contributed by atoms with Gasteiger partial charge < -0.3 is 11.1 Å². The van der Waals surface area contributed by atoms with Crippen LogP contribution in [0.25, 0.3) is 0 Å². The number of aryl methyl sites for hydroxylation is 2. The highest BCUT2D eigenvalue weighted by Crippen LogP contribution is 2.25. The molecule has 6 heteroatoms. The highest BCUT2D eigenvalue weighted by atomic mass is 35.5. The molecule has 2 aromatic rings. The first-order chi connectivity index (χ1) is 9.11. The number of nitrogens with one attached hydrogen (secondary N) is 1. The average molecular weight is 280 g/mol. The largest absolute Gasteiger partial charge is 0.393 e. The Hall–Kier alpha value is -1.75. The molecule has 0 unspecified atom stereocenters. The molecule has 2 heterocycles. The smallest absolute Gasteiger partial charge is 0.172 e. The summed E-state index contributed by atoms with van der Waals surface area (Å²) < 4.78 is 1.55. The Bertz CT molecular complexity index is 564. The van der Waals surface area contributed by atoms with Gasteiger partial charge in [0.2, 0.25) is 0 Å². The normalized spacial score (nSPS) is 10.7. The van der Waals surface area contributed by atoms with Gasteiger partial charge in [-0.15, -0.1) is 0 Å². The van der Waals surface area contributed by atoms with Crippen LogP contribution < -0.4 is 11.1 Å². The van der Waals surface area contributed by atoms with Gasteiger partial charge in [-0.3, -0.25) is 9.67 Å². The van der Waals surface area contributed by atoms with E-state index in [1.165, 1.54) is 0 Å². The Morgan fingerprint density at radius 3 is 2.74 bits per heavy atom. The molecule has 2 rings (SSSR count). The topological polar surface area (TPSA) is 68.8 Å². The van der Waals surface area contributed by atoms with Crippen LogP contribution in [0.15, 0.2) is 18.2 Å². The molecule has 0 bridgehead atoms. The molecule has 2 aromatic heterocycles. The van der Waals surface area contributed by atoms with Crippen LogP contribution in [0.4, 0.5) is 11.5 Å². The van der Waals surface area contributed by atoms with E-state index in [-0.39, 0.29) is 0 Å². The Morgan fingerprint density at radius 1 is 1.37 bits per heavy atom. The van der Waals surface area contributed by atoms with Crippen LogP contribution in [0.1, 0.15) is 18.3 Å². The molecular weight excluding hydrogens is 262 g/mol. The zero-order chi connectivity index (χ0) is 13.8. The van der Waals surface area contributed by atoms with Gasteiger partial charge in [-0.05, 0) is 18.6 Å². The van der Waals surface area contributed by atoms with Crippen molar-refractivity contribution in [2.45, 2.75) is 19.8 Å². The summed E-state index contributed by atoms with van der Waals surface area (Å²) in [6.45, 7) is 2.82. The van der Waals surface area contributed by atoms with Gasteiger partial charge in [-0.1, -0.05) is 24.6 Å². The Kier molecular flexibility index (Phi) is 4.27. The summed E-state index contributed by atoms with van der Waals surface area (Å²) in [6.07, 6.45) is 1.77. The number of pyridine rings is 1. The second kappa shape index (κ2) is 5.93. The zero-order valence-corrected chi connectivity index (χ0v) is 11.9. The minimum Gasteiger partial charge on any atom is -0.393 e. The van der Waals surface area contributed by atoms with Crippen molar-refractivity contribution >= 4 is 23.1 Å². The molecule has 0 saturated carbocycles. The molecule has 3 N–H and O–H groups in total. The lowest BCUT2D eigenvalue weighted by Crippen LogP contribution is -2.08. The SMILES string of the molecule is CCc1cccc(CCNc2nn(C)c(Cl)c2N)n1. The van der Waals surface area contributed by atoms with Crippen molar-refractivity contribution in [1.29, 1.82) is 0 Å². The third-order valence-corrected chi connectivity index (χ3v) is 3.36. The van der Waals surface area contributed by atoms with Gasteiger partial charge in [0.05, 0.1) is 0 Å². The summed E-state index contributed by atoms with van der Waals surface area (Å²) >= 11 is 5.96. The number of hydrogen-bond donors (Lipinski definition) is 2. The third kappa shape index (κ3) is 3.17. The highest BCUT2D eigenvalue weighted by molar-refractivity contribution is 6.32. The minimum atomic E-state index is 0.452. The predicted molar refractivity (Wildman–Crippen MR) is 78.4 cm³/mol. The van der Waals surface area contributed by atoms with Gasteiger partial charge in [0.1, 0.15) is 5.69 Å². The van der Waals surface area contributed by atoms with Crippen molar-refractivity contribution in [1.82, 2.24) is 14.8 Å². The van der Waals surface area contributed by atoms with Crippen molar-refractivity contribution in [3.05, 3.63) is 34.7 Å². The number of nitrogens with zero attached hydrogens (tertiary/aromatic N) is 3. The first-order valence-corrected chi connectivity index (χ1v) is 6.66. The number of anilines is 2.